The SMILES string of the molecule is CCOc1cc(Br)c(CC(=O)OC(C)c2nnc(-c3ccc(C)cc3)o2)cc1OCC. The molecule has 31 heavy (non-hydrogen) atoms. The van der Waals surface area contributed by atoms with E-state index in [1.54, 1.807) is 19.1 Å². The highest BCUT2D eigenvalue weighted by molar-refractivity contribution is 9.10. The topological polar surface area (TPSA) is 83.7 Å². The number of nitrogens with zero attached hydrogens (tertiary/aromatic N) is 2. The second-order valence-electron chi connectivity index (χ2n) is 6.88. The van der Waals surface area contributed by atoms with Gasteiger partial charge in [0.2, 0.25) is 5.89 Å². The first-order valence-corrected chi connectivity index (χ1v) is 10.9. The van der Waals surface area contributed by atoms with E-state index in [1.807, 2.05) is 45.0 Å². The number of esters is 1. The van der Waals surface area contributed by atoms with Crippen LogP contribution in [0.3, 0.4) is 0 Å². The van der Waals surface area contributed by atoms with Crippen LogP contribution < -0.4 is 9.47 Å². The minimum atomic E-state index is -0.674. The molecule has 0 N–H and O–H groups in total. The van der Waals surface area contributed by atoms with Crippen molar-refractivity contribution in [2.24, 2.45) is 0 Å². The van der Waals surface area contributed by atoms with Gasteiger partial charge in [0, 0.05) is 10.0 Å². The first-order valence-electron chi connectivity index (χ1n) is 10.1. The molecule has 0 fully saturated rings. The van der Waals surface area contributed by atoms with Crippen molar-refractivity contribution in [1.82, 2.24) is 10.2 Å². The fraction of sp³-hybridized carbons (Fsp3) is 0.348. The fourth-order valence-electron chi connectivity index (χ4n) is 2.91. The average molecular weight is 489 g/mol. The molecule has 0 aliphatic carbocycles. The molecule has 0 saturated carbocycles. The highest BCUT2D eigenvalue weighted by atomic mass is 79.9. The van der Waals surface area contributed by atoms with E-state index in [4.69, 9.17) is 18.6 Å². The van der Waals surface area contributed by atoms with Crippen LogP contribution in [0.15, 0.2) is 45.3 Å². The summed E-state index contributed by atoms with van der Waals surface area (Å²) < 4.78 is 23.2. The van der Waals surface area contributed by atoms with Gasteiger partial charge in [-0.3, -0.25) is 4.79 Å². The molecule has 1 heterocycles. The van der Waals surface area contributed by atoms with Gasteiger partial charge in [-0.2, -0.15) is 0 Å². The van der Waals surface area contributed by atoms with Gasteiger partial charge in [-0.25, -0.2) is 0 Å². The van der Waals surface area contributed by atoms with E-state index in [9.17, 15) is 4.79 Å². The first kappa shape index (κ1) is 22.8. The van der Waals surface area contributed by atoms with Crippen LogP contribution in [0.5, 0.6) is 11.5 Å². The largest absolute Gasteiger partial charge is 0.490 e. The zero-order chi connectivity index (χ0) is 22.4. The van der Waals surface area contributed by atoms with E-state index < -0.39 is 12.1 Å². The van der Waals surface area contributed by atoms with Gasteiger partial charge < -0.3 is 18.6 Å². The number of aromatic nitrogens is 2. The Bertz CT molecular complexity index is 1030. The summed E-state index contributed by atoms with van der Waals surface area (Å²) in [5.74, 6) is 1.41. The molecule has 1 aromatic heterocycles. The summed E-state index contributed by atoms with van der Waals surface area (Å²) in [5.41, 5.74) is 2.68. The molecule has 8 heteroatoms. The summed E-state index contributed by atoms with van der Waals surface area (Å²) in [6.45, 7) is 8.50. The second-order valence-corrected chi connectivity index (χ2v) is 7.73. The van der Waals surface area contributed by atoms with E-state index in [-0.39, 0.29) is 12.3 Å². The normalized spacial score (nSPS) is 11.8. The average Bonchev–Trinajstić information content (AvgIpc) is 3.22. The third kappa shape index (κ3) is 5.85. The van der Waals surface area contributed by atoms with Crippen LogP contribution in [-0.2, 0) is 16.0 Å². The third-order valence-electron chi connectivity index (χ3n) is 4.44. The lowest BCUT2D eigenvalue weighted by molar-refractivity contribution is -0.148. The number of benzene rings is 2. The fourth-order valence-corrected chi connectivity index (χ4v) is 3.37. The van der Waals surface area contributed by atoms with Crippen LogP contribution in [0.25, 0.3) is 11.5 Å². The highest BCUT2D eigenvalue weighted by Gasteiger charge is 2.21. The van der Waals surface area contributed by atoms with Crippen LogP contribution in [-0.4, -0.2) is 29.4 Å². The third-order valence-corrected chi connectivity index (χ3v) is 5.18. The molecule has 0 aliphatic heterocycles. The van der Waals surface area contributed by atoms with E-state index in [2.05, 4.69) is 26.1 Å². The number of hydrogen-bond donors (Lipinski definition) is 0. The van der Waals surface area contributed by atoms with Crippen molar-refractivity contribution >= 4 is 21.9 Å². The molecule has 0 amide bonds. The van der Waals surface area contributed by atoms with Gasteiger partial charge in [0.1, 0.15) is 0 Å². The molecule has 3 rings (SSSR count). The summed E-state index contributed by atoms with van der Waals surface area (Å²) >= 11 is 3.49. The number of carbonyl (C=O) groups excluding carboxylic acids is 1. The van der Waals surface area contributed by atoms with Crippen molar-refractivity contribution in [3.8, 4) is 23.0 Å². The Morgan fingerprint density at radius 3 is 2.35 bits per heavy atom. The number of carbonyl (C=O) groups is 1. The highest BCUT2D eigenvalue weighted by Crippen LogP contribution is 2.34. The van der Waals surface area contributed by atoms with Crippen molar-refractivity contribution in [2.75, 3.05) is 13.2 Å². The lowest BCUT2D eigenvalue weighted by atomic mass is 10.1. The Morgan fingerprint density at radius 1 is 1.06 bits per heavy atom. The van der Waals surface area contributed by atoms with Crippen LogP contribution >= 0.6 is 15.9 Å². The van der Waals surface area contributed by atoms with Crippen LogP contribution in [0.2, 0.25) is 0 Å². The molecule has 0 saturated heterocycles. The lowest BCUT2D eigenvalue weighted by Crippen LogP contribution is -2.12. The Kier molecular flexibility index (Phi) is 7.68. The second kappa shape index (κ2) is 10.4. The standard InChI is InChI=1S/C23H25BrN2O5/c1-5-28-19-11-17(18(24)13-20(19)29-6-2)12-21(27)30-15(4)22-25-26-23(31-22)16-9-7-14(3)8-10-16/h7-11,13,15H,5-6,12H2,1-4H3. The Hall–Kier alpha value is -2.87. The van der Waals surface area contributed by atoms with Gasteiger partial charge in [-0.05, 0) is 57.5 Å². The van der Waals surface area contributed by atoms with Crippen LogP contribution in [0.4, 0.5) is 0 Å². The van der Waals surface area contributed by atoms with Crippen molar-refractivity contribution in [3.05, 3.63) is 57.9 Å². The maximum Gasteiger partial charge on any atom is 0.311 e. The molecule has 0 bridgehead atoms. The number of ether oxygens (including phenoxy) is 3. The molecule has 0 aliphatic rings. The molecular formula is C23H25BrN2O5. The van der Waals surface area contributed by atoms with Gasteiger partial charge in [-0.1, -0.05) is 33.6 Å². The quantitative estimate of drug-likeness (QED) is 0.370. The van der Waals surface area contributed by atoms with Crippen molar-refractivity contribution in [1.29, 1.82) is 0 Å². The van der Waals surface area contributed by atoms with Crippen LogP contribution in [0, 0.1) is 6.92 Å². The molecule has 164 valence electrons. The smallest absolute Gasteiger partial charge is 0.311 e. The number of aryl methyl sites for hydroxylation is 1. The Balaban J connectivity index is 1.68. The summed E-state index contributed by atoms with van der Waals surface area (Å²) in [6, 6.07) is 11.3. The first-order chi connectivity index (χ1) is 14.9. The zero-order valence-corrected chi connectivity index (χ0v) is 19.6. The van der Waals surface area contributed by atoms with E-state index >= 15 is 0 Å². The van der Waals surface area contributed by atoms with E-state index in [1.165, 1.54) is 0 Å². The van der Waals surface area contributed by atoms with Crippen molar-refractivity contribution in [3.63, 3.8) is 0 Å². The van der Waals surface area contributed by atoms with Gasteiger partial charge in [0.25, 0.3) is 5.89 Å². The molecule has 1 unspecified atom stereocenters. The Morgan fingerprint density at radius 2 is 1.71 bits per heavy atom. The lowest BCUT2D eigenvalue weighted by Gasteiger charge is -2.15. The zero-order valence-electron chi connectivity index (χ0n) is 18.0. The van der Waals surface area contributed by atoms with Gasteiger partial charge in [0.15, 0.2) is 17.6 Å². The van der Waals surface area contributed by atoms with Gasteiger partial charge in [-0.15, -0.1) is 10.2 Å². The van der Waals surface area contributed by atoms with Crippen LogP contribution in [0.1, 0.15) is 43.9 Å². The van der Waals surface area contributed by atoms with Crippen molar-refractivity contribution in [2.45, 2.75) is 40.2 Å². The number of halogens is 1. The molecule has 3 aromatic rings. The monoisotopic (exact) mass is 488 g/mol. The molecule has 7 nitrogen and oxygen atoms in total. The Labute approximate surface area is 189 Å². The predicted octanol–water partition coefficient (Wildman–Crippen LogP) is 5.45. The summed E-state index contributed by atoms with van der Waals surface area (Å²) in [5, 5.41) is 8.08. The van der Waals surface area contributed by atoms with Gasteiger partial charge in [0.05, 0.1) is 19.6 Å². The minimum Gasteiger partial charge on any atom is -0.490 e. The number of hydrogen-bond acceptors (Lipinski definition) is 7. The number of rotatable bonds is 9. The molecule has 0 radical (unpaired) electrons. The van der Waals surface area contributed by atoms with Gasteiger partial charge >= 0.3 is 5.97 Å². The minimum absolute atomic E-state index is 0.0519. The summed E-state index contributed by atoms with van der Waals surface area (Å²) in [6.07, 6.45) is -0.622. The maximum atomic E-state index is 12.5. The predicted molar refractivity (Wildman–Crippen MR) is 119 cm³/mol. The summed E-state index contributed by atoms with van der Waals surface area (Å²) in [7, 11) is 0. The molecule has 1 atom stereocenters. The van der Waals surface area contributed by atoms with E-state index in [0.717, 1.165) is 21.2 Å². The van der Waals surface area contributed by atoms with Crippen molar-refractivity contribution < 1.29 is 23.4 Å². The molecule has 0 spiro atoms. The molecular weight excluding hydrogens is 464 g/mol. The molecule has 2 aromatic carbocycles. The maximum absolute atomic E-state index is 12.5. The summed E-state index contributed by atoms with van der Waals surface area (Å²) in [4.78, 5) is 12.5. The van der Waals surface area contributed by atoms with E-state index in [0.29, 0.717) is 30.6 Å².